The molecule has 0 spiro atoms. The van der Waals surface area contributed by atoms with Crippen LogP contribution in [-0.2, 0) is 15.2 Å². The van der Waals surface area contributed by atoms with Crippen LogP contribution in [0.25, 0.3) is 11.1 Å². The molecule has 37 heavy (non-hydrogen) atoms. The van der Waals surface area contributed by atoms with E-state index in [1.807, 2.05) is 43.0 Å². The summed E-state index contributed by atoms with van der Waals surface area (Å²) in [5, 5.41) is 3.23. The maximum absolute atomic E-state index is 12.4. The van der Waals surface area contributed by atoms with Gasteiger partial charge in [-0.3, -0.25) is 9.59 Å². The summed E-state index contributed by atoms with van der Waals surface area (Å²) in [5.74, 6) is 1.81. The molecule has 1 atom stereocenters. The van der Waals surface area contributed by atoms with Crippen LogP contribution in [0.2, 0.25) is 0 Å². The summed E-state index contributed by atoms with van der Waals surface area (Å²) in [6.45, 7) is 5.14. The third-order valence-electron chi connectivity index (χ3n) is 7.45. The Hall–Kier alpha value is -4.21. The Labute approximate surface area is 213 Å². The molecular weight excluding hydrogens is 472 g/mol. The van der Waals surface area contributed by atoms with Crippen molar-refractivity contribution in [1.29, 1.82) is 0 Å². The molecule has 0 radical (unpaired) electrons. The molecule has 0 aliphatic carbocycles. The molecule has 7 rings (SSSR count). The van der Waals surface area contributed by atoms with E-state index in [0.29, 0.717) is 48.4 Å². The van der Waals surface area contributed by atoms with Gasteiger partial charge >= 0.3 is 0 Å². The Morgan fingerprint density at radius 1 is 1.05 bits per heavy atom. The summed E-state index contributed by atoms with van der Waals surface area (Å²) in [7, 11) is 0. The lowest BCUT2D eigenvalue weighted by Gasteiger charge is -2.34. The zero-order valence-corrected chi connectivity index (χ0v) is 20.7. The van der Waals surface area contributed by atoms with Gasteiger partial charge in [0.05, 0.1) is 23.6 Å². The standard InChI is InChI=1S/C27H26N6O4/c1-27(2)24-19(18-7-5-16(11-21(18)37-27)32-9-3-4-22(32)34)13-29-26(31-24)30-15-10-20-25(28-12-15)36-14-17-6-8-23(35)33(17)20/h5,7,10-13,17H,3-4,6,8-9,14H2,1-2H3,(H,29,30,31). The first-order chi connectivity index (χ1) is 17.9. The van der Waals surface area contributed by atoms with Gasteiger partial charge in [0, 0.05) is 48.5 Å². The zero-order chi connectivity index (χ0) is 25.3. The van der Waals surface area contributed by atoms with Gasteiger partial charge < -0.3 is 24.6 Å². The smallest absolute Gasteiger partial charge is 0.238 e. The van der Waals surface area contributed by atoms with Gasteiger partial charge in [-0.05, 0) is 44.9 Å². The molecule has 1 N–H and O–H groups in total. The summed E-state index contributed by atoms with van der Waals surface area (Å²) in [4.78, 5) is 42.1. The number of rotatable bonds is 3. The van der Waals surface area contributed by atoms with Crippen molar-refractivity contribution in [1.82, 2.24) is 15.0 Å². The predicted octanol–water partition coefficient (Wildman–Crippen LogP) is 3.92. The highest BCUT2D eigenvalue weighted by molar-refractivity contribution is 5.98. The van der Waals surface area contributed by atoms with Gasteiger partial charge in [0.25, 0.3) is 0 Å². The number of carbonyl (C=O) groups is 2. The number of pyridine rings is 1. The number of nitrogens with one attached hydrogen (secondary N) is 1. The van der Waals surface area contributed by atoms with Gasteiger partial charge in [0.1, 0.15) is 23.6 Å². The average molecular weight is 499 g/mol. The number of nitrogens with zero attached hydrogens (tertiary/aromatic N) is 5. The fraction of sp³-hybridized carbons (Fsp3) is 0.370. The molecule has 2 aromatic heterocycles. The van der Waals surface area contributed by atoms with Gasteiger partial charge in [-0.15, -0.1) is 0 Å². The molecule has 6 heterocycles. The molecular formula is C27H26N6O4. The minimum Gasteiger partial charge on any atom is -0.481 e. The molecule has 1 unspecified atom stereocenters. The lowest BCUT2D eigenvalue weighted by molar-refractivity contribution is -0.118. The maximum atomic E-state index is 12.4. The van der Waals surface area contributed by atoms with E-state index in [0.717, 1.165) is 41.9 Å². The van der Waals surface area contributed by atoms with Gasteiger partial charge in [0.15, 0.2) is 0 Å². The van der Waals surface area contributed by atoms with E-state index < -0.39 is 5.60 Å². The van der Waals surface area contributed by atoms with Crippen molar-refractivity contribution in [3.63, 3.8) is 0 Å². The molecule has 1 aromatic carbocycles. The van der Waals surface area contributed by atoms with E-state index in [1.54, 1.807) is 17.3 Å². The van der Waals surface area contributed by atoms with Crippen LogP contribution in [0.1, 0.15) is 45.2 Å². The first-order valence-electron chi connectivity index (χ1n) is 12.6. The summed E-state index contributed by atoms with van der Waals surface area (Å²) >= 11 is 0. The third-order valence-corrected chi connectivity index (χ3v) is 7.45. The average Bonchev–Trinajstić information content (AvgIpc) is 3.49. The van der Waals surface area contributed by atoms with E-state index in [2.05, 4.69) is 15.3 Å². The molecule has 188 valence electrons. The highest BCUT2D eigenvalue weighted by Crippen LogP contribution is 2.46. The first-order valence-corrected chi connectivity index (χ1v) is 12.6. The lowest BCUT2D eigenvalue weighted by Crippen LogP contribution is -2.40. The van der Waals surface area contributed by atoms with Crippen LogP contribution in [-0.4, -0.2) is 46.0 Å². The number of amides is 2. The summed E-state index contributed by atoms with van der Waals surface area (Å²) in [6, 6.07) is 7.77. The summed E-state index contributed by atoms with van der Waals surface area (Å²) in [5.41, 5.74) is 4.01. The number of fused-ring (bicyclic) bond motifs is 6. The van der Waals surface area contributed by atoms with Crippen LogP contribution < -0.4 is 24.6 Å². The number of anilines is 4. The normalized spacial score (nSPS) is 21.0. The number of hydrogen-bond donors (Lipinski definition) is 1. The van der Waals surface area contributed by atoms with E-state index >= 15 is 0 Å². The van der Waals surface area contributed by atoms with Crippen LogP contribution >= 0.6 is 0 Å². The lowest BCUT2D eigenvalue weighted by atomic mass is 9.91. The van der Waals surface area contributed by atoms with Crippen molar-refractivity contribution >= 4 is 34.8 Å². The number of carbonyl (C=O) groups excluding carboxylic acids is 2. The Morgan fingerprint density at radius 2 is 1.95 bits per heavy atom. The van der Waals surface area contributed by atoms with Crippen LogP contribution in [0.5, 0.6) is 11.6 Å². The molecule has 0 bridgehead atoms. The largest absolute Gasteiger partial charge is 0.481 e. The number of ether oxygens (including phenoxy) is 2. The van der Waals surface area contributed by atoms with E-state index in [9.17, 15) is 9.59 Å². The van der Waals surface area contributed by atoms with Crippen molar-refractivity contribution in [2.45, 2.75) is 51.2 Å². The van der Waals surface area contributed by atoms with Gasteiger partial charge in [-0.2, -0.15) is 0 Å². The second-order valence-electron chi connectivity index (χ2n) is 10.3. The minimum absolute atomic E-state index is 0.0548. The predicted molar refractivity (Wildman–Crippen MR) is 136 cm³/mol. The quantitative estimate of drug-likeness (QED) is 0.579. The van der Waals surface area contributed by atoms with E-state index in [1.165, 1.54) is 0 Å². The Kier molecular flexibility index (Phi) is 4.70. The van der Waals surface area contributed by atoms with E-state index in [-0.39, 0.29) is 17.9 Å². The van der Waals surface area contributed by atoms with Crippen molar-refractivity contribution in [2.75, 3.05) is 28.3 Å². The topological polar surface area (TPSA) is 110 Å². The number of benzene rings is 1. The molecule has 4 aliphatic rings. The monoisotopic (exact) mass is 498 g/mol. The molecule has 10 nitrogen and oxygen atoms in total. The fourth-order valence-corrected chi connectivity index (χ4v) is 5.66. The van der Waals surface area contributed by atoms with Crippen LogP contribution in [0, 0.1) is 0 Å². The summed E-state index contributed by atoms with van der Waals surface area (Å²) < 4.78 is 12.2. The van der Waals surface area contributed by atoms with Gasteiger partial charge in [-0.25, -0.2) is 15.0 Å². The molecule has 3 aromatic rings. The molecule has 2 amide bonds. The Bertz CT molecular complexity index is 1470. The van der Waals surface area contributed by atoms with Gasteiger partial charge in [0.2, 0.25) is 23.6 Å². The van der Waals surface area contributed by atoms with Gasteiger partial charge in [-0.1, -0.05) is 0 Å². The molecule has 0 saturated carbocycles. The van der Waals surface area contributed by atoms with Crippen molar-refractivity contribution in [3.05, 3.63) is 42.4 Å². The molecule has 2 fully saturated rings. The summed E-state index contributed by atoms with van der Waals surface area (Å²) in [6.07, 6.45) is 6.21. The zero-order valence-electron chi connectivity index (χ0n) is 20.7. The fourth-order valence-electron chi connectivity index (χ4n) is 5.66. The second-order valence-corrected chi connectivity index (χ2v) is 10.3. The maximum Gasteiger partial charge on any atom is 0.238 e. The van der Waals surface area contributed by atoms with Crippen LogP contribution in [0.4, 0.5) is 23.0 Å². The van der Waals surface area contributed by atoms with Crippen LogP contribution in [0.15, 0.2) is 36.7 Å². The highest BCUT2D eigenvalue weighted by Gasteiger charge is 2.39. The molecule has 2 saturated heterocycles. The number of hydrogen-bond acceptors (Lipinski definition) is 8. The van der Waals surface area contributed by atoms with Crippen LogP contribution in [0.3, 0.4) is 0 Å². The second kappa shape index (κ2) is 7.89. The first kappa shape index (κ1) is 22.0. The minimum atomic E-state index is -0.716. The van der Waals surface area contributed by atoms with Crippen molar-refractivity contribution in [3.8, 4) is 22.8 Å². The molecule has 4 aliphatic heterocycles. The number of aromatic nitrogens is 3. The third kappa shape index (κ3) is 3.50. The van der Waals surface area contributed by atoms with E-state index in [4.69, 9.17) is 14.5 Å². The molecule has 10 heteroatoms. The Balaban J connectivity index is 1.21. The van der Waals surface area contributed by atoms with Crippen molar-refractivity contribution < 1.29 is 19.1 Å². The SMILES string of the molecule is CC1(C)Oc2cc(N3CCCC3=O)ccc2-c2cnc(Nc3cnc4c(c3)N3C(=O)CCC3CO4)nc21. The van der Waals surface area contributed by atoms with Crippen molar-refractivity contribution in [2.24, 2.45) is 0 Å². The highest BCUT2D eigenvalue weighted by atomic mass is 16.5. The Morgan fingerprint density at radius 3 is 2.78 bits per heavy atom.